The van der Waals surface area contributed by atoms with Crippen LogP contribution < -0.4 is 48.3 Å². The maximum Gasteiger partial charge on any atom is 0.305 e. The Balaban J connectivity index is 2.27. The average molecular weight is 1090 g/mol. The highest BCUT2D eigenvalue weighted by atomic mass is 32.2. The van der Waals surface area contributed by atoms with E-state index in [1.807, 2.05) is 13.8 Å². The van der Waals surface area contributed by atoms with Crippen LogP contribution >= 0.6 is 11.8 Å². The summed E-state index contributed by atoms with van der Waals surface area (Å²) < 4.78 is 0. The fourth-order valence-corrected chi connectivity index (χ4v) is 8.51. The van der Waals surface area contributed by atoms with Crippen LogP contribution in [0.5, 0.6) is 0 Å². The summed E-state index contributed by atoms with van der Waals surface area (Å²) in [4.78, 5) is 170. The number of carbonyl (C=O) groups is 13. The van der Waals surface area contributed by atoms with Crippen molar-refractivity contribution < 1.29 is 77.6 Å². The zero-order valence-corrected chi connectivity index (χ0v) is 44.6. The Morgan fingerprint density at radius 2 is 1.22 bits per heavy atom. The molecule has 0 bridgehead atoms. The smallest absolute Gasteiger partial charge is 0.305 e. The lowest BCUT2D eigenvalue weighted by Gasteiger charge is -2.32. The van der Waals surface area contributed by atoms with Crippen LogP contribution in [0.3, 0.4) is 0 Å². The average Bonchev–Trinajstić information content (AvgIpc) is 3.85. The maximum atomic E-state index is 14.0. The molecule has 0 saturated carbocycles. The molecule has 2 rings (SSSR count). The highest BCUT2D eigenvalue weighted by molar-refractivity contribution is 8.13. The number of nitrogens with one attached hydrogen (secondary N) is 8. The second-order valence-corrected chi connectivity index (χ2v) is 20.2. The third-order valence-corrected chi connectivity index (χ3v) is 13.0. The minimum absolute atomic E-state index is 0.0121. The van der Waals surface area contributed by atoms with Crippen molar-refractivity contribution in [3.05, 3.63) is 35.9 Å². The van der Waals surface area contributed by atoms with Crippen molar-refractivity contribution in [2.24, 2.45) is 23.5 Å². The zero-order chi connectivity index (χ0) is 57.4. The van der Waals surface area contributed by atoms with Gasteiger partial charge in [-0.05, 0) is 49.0 Å². The van der Waals surface area contributed by atoms with Crippen molar-refractivity contribution in [2.75, 3.05) is 19.7 Å². The maximum absolute atomic E-state index is 14.0. The number of carbonyl (C=O) groups excluding carboxylic acids is 11. The van der Waals surface area contributed by atoms with Crippen LogP contribution in [0.25, 0.3) is 0 Å². The standard InChI is InChI=1S/C49H74N10O16S/c1-8-27(6)41(58-46(72)34(23-60)56-47(73)35-15-12-18-59(35)49(75)40(26(4)5)57-45(71)31(19-25(2)3)52-28(7)61)48(74)53-30(16-17-36(50)62)43(69)55-33(21-38(65)66)44(70)54-32(20-37(63)64)42(68)51-22-39(67)76-24-29-13-10-9-11-14-29/h9-11,13-14,25-27,30-35,40-41,60H,8,12,15-24H2,1-7H3,(H2,50,62)(H,51,68)(H,52,61)(H,53,74)(H,54,70)(H,55,69)(H,56,73)(H,57,71)(H,58,72)(H,63,64)(H,65,66)/t27-,30-,31-,32-,33-,34-,35-,40-,41-/m0/s1. The molecule has 0 unspecified atom stereocenters. The molecule has 13 N–H and O–H groups in total. The van der Waals surface area contributed by atoms with Gasteiger partial charge in [0, 0.05) is 25.6 Å². The lowest BCUT2D eigenvalue weighted by molar-refractivity contribution is -0.143. The van der Waals surface area contributed by atoms with E-state index >= 15 is 0 Å². The van der Waals surface area contributed by atoms with Gasteiger partial charge in [-0.15, -0.1) is 0 Å². The second kappa shape index (κ2) is 32.3. The van der Waals surface area contributed by atoms with Gasteiger partial charge in [0.1, 0.15) is 48.3 Å². The normalized spacial score (nSPS) is 16.2. The van der Waals surface area contributed by atoms with Crippen molar-refractivity contribution in [3.8, 4) is 0 Å². The number of rotatable bonds is 32. The number of thioether (sulfide) groups is 1. The fraction of sp³-hybridized carbons (Fsp3) is 0.612. The van der Waals surface area contributed by atoms with Gasteiger partial charge < -0.3 is 68.5 Å². The van der Waals surface area contributed by atoms with Crippen LogP contribution in [0.4, 0.5) is 0 Å². The summed E-state index contributed by atoms with van der Waals surface area (Å²) in [6, 6.07) is -3.19. The number of amides is 10. The topological polar surface area (TPSA) is 408 Å². The number of aliphatic carboxylic acids is 2. The van der Waals surface area contributed by atoms with E-state index in [9.17, 15) is 77.6 Å². The molecule has 1 saturated heterocycles. The van der Waals surface area contributed by atoms with E-state index < -0.39 is 175 Å². The Hall–Kier alpha value is -7.16. The first-order valence-corrected chi connectivity index (χ1v) is 25.9. The first kappa shape index (κ1) is 65.0. The number of aliphatic hydroxyl groups excluding tert-OH is 1. The molecule has 422 valence electrons. The summed E-state index contributed by atoms with van der Waals surface area (Å²) >= 11 is 0.861. The molecular weight excluding hydrogens is 1020 g/mol. The summed E-state index contributed by atoms with van der Waals surface area (Å²) in [7, 11) is 0. The van der Waals surface area contributed by atoms with Crippen molar-refractivity contribution >= 4 is 87.9 Å². The van der Waals surface area contributed by atoms with Crippen molar-refractivity contribution in [1.29, 1.82) is 0 Å². The molecule has 1 fully saturated rings. The number of nitrogens with zero attached hydrogens (tertiary/aromatic N) is 1. The predicted molar refractivity (Wildman–Crippen MR) is 273 cm³/mol. The summed E-state index contributed by atoms with van der Waals surface area (Å²) in [6.07, 6.45) is -2.22. The van der Waals surface area contributed by atoms with Gasteiger partial charge in [-0.25, -0.2) is 0 Å². The molecule has 76 heavy (non-hydrogen) atoms. The van der Waals surface area contributed by atoms with E-state index in [1.165, 1.54) is 11.8 Å². The minimum atomic E-state index is -2.03. The van der Waals surface area contributed by atoms with E-state index in [2.05, 4.69) is 42.5 Å². The second-order valence-electron chi connectivity index (χ2n) is 19.2. The molecule has 1 aliphatic heterocycles. The molecule has 1 aromatic rings. The number of likely N-dealkylation sites (tertiary alicyclic amines) is 1. The molecule has 1 heterocycles. The lowest BCUT2D eigenvalue weighted by Crippen LogP contribution is -2.62. The van der Waals surface area contributed by atoms with E-state index in [4.69, 9.17) is 5.73 Å². The summed E-state index contributed by atoms with van der Waals surface area (Å²) in [5.74, 6) is -13.4. The van der Waals surface area contributed by atoms with Gasteiger partial charge in [0.05, 0.1) is 26.0 Å². The monoisotopic (exact) mass is 1090 g/mol. The van der Waals surface area contributed by atoms with Crippen LogP contribution in [0, 0.1) is 17.8 Å². The van der Waals surface area contributed by atoms with Crippen molar-refractivity contribution in [3.63, 3.8) is 0 Å². The Morgan fingerprint density at radius 3 is 1.75 bits per heavy atom. The van der Waals surface area contributed by atoms with Gasteiger partial charge in [-0.2, -0.15) is 0 Å². The third-order valence-electron chi connectivity index (χ3n) is 12.1. The first-order valence-electron chi connectivity index (χ1n) is 24.9. The molecule has 9 atom stereocenters. The Bertz CT molecular complexity index is 2250. The number of nitrogens with two attached hydrogens (primary N) is 1. The molecule has 26 nitrogen and oxygen atoms in total. The van der Waals surface area contributed by atoms with Crippen molar-refractivity contribution in [1.82, 2.24) is 47.4 Å². The van der Waals surface area contributed by atoms with Crippen LogP contribution in [0.1, 0.15) is 105 Å². The first-order chi connectivity index (χ1) is 35.7. The van der Waals surface area contributed by atoms with Gasteiger partial charge in [0.2, 0.25) is 64.2 Å². The van der Waals surface area contributed by atoms with E-state index in [-0.39, 0.29) is 37.5 Å². The van der Waals surface area contributed by atoms with Gasteiger partial charge in [-0.3, -0.25) is 62.3 Å². The van der Waals surface area contributed by atoms with Crippen LogP contribution in [0.2, 0.25) is 0 Å². The lowest BCUT2D eigenvalue weighted by atomic mass is 9.97. The summed E-state index contributed by atoms with van der Waals surface area (Å²) in [5, 5.41) is 48.0. The summed E-state index contributed by atoms with van der Waals surface area (Å²) in [5.41, 5.74) is 6.15. The number of aliphatic hydroxyl groups is 1. The Kier molecular flexibility index (Phi) is 27.6. The molecule has 0 aliphatic carbocycles. The molecule has 0 aromatic heterocycles. The van der Waals surface area contributed by atoms with Gasteiger partial charge >= 0.3 is 11.9 Å². The molecule has 0 spiro atoms. The number of carboxylic acids is 2. The highest BCUT2D eigenvalue weighted by Gasteiger charge is 2.41. The molecule has 1 aliphatic rings. The van der Waals surface area contributed by atoms with Crippen LogP contribution in [-0.2, 0) is 68.1 Å². The van der Waals surface area contributed by atoms with Gasteiger partial charge in [0.15, 0.2) is 0 Å². The van der Waals surface area contributed by atoms with Gasteiger partial charge in [-0.1, -0.05) is 90.1 Å². The zero-order valence-electron chi connectivity index (χ0n) is 43.8. The van der Waals surface area contributed by atoms with Gasteiger partial charge in [0.25, 0.3) is 0 Å². The Labute approximate surface area is 444 Å². The number of hydrogen-bond acceptors (Lipinski definition) is 15. The van der Waals surface area contributed by atoms with E-state index in [0.29, 0.717) is 6.42 Å². The number of hydrogen-bond donors (Lipinski definition) is 12. The third kappa shape index (κ3) is 22.4. The quantitative estimate of drug-likeness (QED) is 0.0368. The fourth-order valence-electron chi connectivity index (χ4n) is 7.82. The van der Waals surface area contributed by atoms with Crippen LogP contribution in [0.15, 0.2) is 30.3 Å². The van der Waals surface area contributed by atoms with Crippen LogP contribution in [-0.4, -0.2) is 164 Å². The van der Waals surface area contributed by atoms with E-state index in [1.54, 1.807) is 58.0 Å². The largest absolute Gasteiger partial charge is 0.481 e. The SMILES string of the molecule is CC[C@H](C)[C@H](NC(=O)[C@H](CO)NC(=O)[C@@H]1CCCN1C(=O)[C@@H](NC(=O)[C@H](CC(C)C)NC(C)=O)C(C)C)C(=O)N[C@@H](CCC(N)=O)C(=O)N[C@@H](CC(=O)O)C(=O)N[C@@H](CC(=O)O)C(=O)NCC(=O)SCc1ccccc1. The minimum Gasteiger partial charge on any atom is -0.481 e. The molecule has 10 amide bonds. The number of carboxylic acid groups (broad SMARTS) is 2. The number of primary amides is 1. The molecule has 27 heteroatoms. The molecule has 1 aromatic carbocycles. The molecular formula is C49H74N10O16S. The number of benzene rings is 1. The highest BCUT2D eigenvalue weighted by Crippen LogP contribution is 2.22. The Morgan fingerprint density at radius 1 is 0.684 bits per heavy atom. The summed E-state index contributed by atoms with van der Waals surface area (Å²) in [6.45, 7) is 10.1. The predicted octanol–water partition coefficient (Wildman–Crippen LogP) is -2.08. The van der Waals surface area contributed by atoms with E-state index in [0.717, 1.165) is 17.3 Å². The molecule has 0 radical (unpaired) electrons. The van der Waals surface area contributed by atoms with Crippen molar-refractivity contribution in [2.45, 2.75) is 154 Å².